The third-order valence-corrected chi connectivity index (χ3v) is 6.13. The van der Waals surface area contributed by atoms with Crippen molar-refractivity contribution in [1.29, 1.82) is 0 Å². The molecule has 0 radical (unpaired) electrons. The number of phenols is 1. The van der Waals surface area contributed by atoms with Crippen LogP contribution in [0, 0.1) is 13.8 Å². The first-order chi connectivity index (χ1) is 15.1. The average Bonchev–Trinajstić information content (AvgIpc) is 3.09. The molecule has 0 saturated heterocycles. The second kappa shape index (κ2) is 7.44. The van der Waals surface area contributed by atoms with Gasteiger partial charge < -0.3 is 5.11 Å². The summed E-state index contributed by atoms with van der Waals surface area (Å²) in [5.41, 5.74) is 7.13. The Labute approximate surface area is 182 Å². The molecule has 1 unspecified atom stereocenters. The van der Waals surface area contributed by atoms with E-state index in [9.17, 15) is 9.90 Å². The summed E-state index contributed by atoms with van der Waals surface area (Å²) in [6.45, 7) is 3.89. The van der Waals surface area contributed by atoms with Crippen molar-refractivity contribution >= 4 is 17.3 Å². The van der Waals surface area contributed by atoms with Crippen LogP contribution < -0.4 is 4.90 Å². The lowest BCUT2D eigenvalue weighted by Crippen LogP contribution is -2.24. The second-order valence-corrected chi connectivity index (χ2v) is 8.00. The summed E-state index contributed by atoms with van der Waals surface area (Å²) < 4.78 is 0. The fourth-order valence-corrected chi connectivity index (χ4v) is 4.65. The van der Waals surface area contributed by atoms with E-state index in [4.69, 9.17) is 0 Å². The molecule has 1 aliphatic rings. The third kappa shape index (κ3) is 3.01. The zero-order valence-corrected chi connectivity index (χ0v) is 17.5. The van der Waals surface area contributed by atoms with Crippen molar-refractivity contribution in [1.82, 2.24) is 0 Å². The highest BCUT2D eigenvalue weighted by molar-refractivity contribution is 6.12. The van der Waals surface area contributed by atoms with Crippen LogP contribution in [0.15, 0.2) is 91.0 Å². The number of nitrogens with zero attached hydrogens (tertiary/aromatic N) is 1. The number of carbonyl (C=O) groups excluding carboxylic acids is 1. The van der Waals surface area contributed by atoms with E-state index >= 15 is 0 Å². The van der Waals surface area contributed by atoms with E-state index < -0.39 is 5.92 Å². The number of phenolic OH excluding ortho intramolecular Hbond substituents is 1. The van der Waals surface area contributed by atoms with Gasteiger partial charge in [0.25, 0.3) is 0 Å². The summed E-state index contributed by atoms with van der Waals surface area (Å²) in [6.07, 6.45) is 0. The number of rotatable bonds is 3. The van der Waals surface area contributed by atoms with E-state index in [1.54, 1.807) is 0 Å². The van der Waals surface area contributed by atoms with Crippen molar-refractivity contribution in [2.24, 2.45) is 0 Å². The Bertz CT molecular complexity index is 1280. The van der Waals surface area contributed by atoms with E-state index in [0.29, 0.717) is 0 Å². The maximum atomic E-state index is 13.8. The SMILES string of the molecule is Cc1cc(C2C(=O)N(c3ccccc3)c3ccccc32)c(C)c(-c2ccccc2)c1O. The number of hydrogen-bond donors (Lipinski definition) is 1. The Balaban J connectivity index is 1.73. The number of aryl methyl sites for hydroxylation is 1. The molecule has 3 heteroatoms. The highest BCUT2D eigenvalue weighted by Crippen LogP contribution is 2.48. The summed E-state index contributed by atoms with van der Waals surface area (Å²) in [7, 11) is 0. The topological polar surface area (TPSA) is 40.5 Å². The van der Waals surface area contributed by atoms with Crippen molar-refractivity contribution in [2.75, 3.05) is 4.90 Å². The number of benzene rings is 4. The fraction of sp³-hybridized carbons (Fsp3) is 0.107. The molecular weight excluding hydrogens is 382 g/mol. The van der Waals surface area contributed by atoms with Crippen molar-refractivity contribution in [3.63, 3.8) is 0 Å². The van der Waals surface area contributed by atoms with Crippen LogP contribution in [0.1, 0.15) is 28.2 Å². The lowest BCUT2D eigenvalue weighted by molar-refractivity contribution is -0.117. The van der Waals surface area contributed by atoms with Crippen LogP contribution in [-0.4, -0.2) is 11.0 Å². The molecule has 3 nitrogen and oxygen atoms in total. The number of para-hydroxylation sites is 2. The molecule has 31 heavy (non-hydrogen) atoms. The van der Waals surface area contributed by atoms with Crippen LogP contribution in [0.2, 0.25) is 0 Å². The van der Waals surface area contributed by atoms with Gasteiger partial charge in [-0.2, -0.15) is 0 Å². The standard InChI is InChI=1S/C28H23NO2/c1-18-17-23(19(2)25(27(18)30)20-11-5-3-6-12-20)26-22-15-9-10-16-24(22)29(28(26)31)21-13-7-4-8-14-21/h3-17,26,30H,1-2H3. The largest absolute Gasteiger partial charge is 0.507 e. The predicted molar refractivity (Wildman–Crippen MR) is 125 cm³/mol. The van der Waals surface area contributed by atoms with Crippen molar-refractivity contribution < 1.29 is 9.90 Å². The molecule has 1 heterocycles. The lowest BCUT2D eigenvalue weighted by Gasteiger charge is -2.21. The molecule has 0 bridgehead atoms. The van der Waals surface area contributed by atoms with Crippen LogP contribution in [-0.2, 0) is 4.79 Å². The van der Waals surface area contributed by atoms with Crippen molar-refractivity contribution in [3.8, 4) is 16.9 Å². The molecule has 1 amide bonds. The van der Waals surface area contributed by atoms with Gasteiger partial charge in [0, 0.05) is 11.3 Å². The average molecular weight is 405 g/mol. The van der Waals surface area contributed by atoms with Crippen LogP contribution in [0.4, 0.5) is 11.4 Å². The molecule has 0 fully saturated rings. The first-order valence-electron chi connectivity index (χ1n) is 10.4. The molecule has 0 aromatic heterocycles. The summed E-state index contributed by atoms with van der Waals surface area (Å²) >= 11 is 0. The van der Waals surface area contributed by atoms with Crippen LogP contribution in [0.3, 0.4) is 0 Å². The third-order valence-electron chi connectivity index (χ3n) is 6.13. The highest BCUT2D eigenvalue weighted by atomic mass is 16.3. The fourth-order valence-electron chi connectivity index (χ4n) is 4.65. The van der Waals surface area contributed by atoms with Gasteiger partial charge in [0.15, 0.2) is 0 Å². The van der Waals surface area contributed by atoms with Gasteiger partial charge in [-0.25, -0.2) is 0 Å². The number of hydrogen-bond acceptors (Lipinski definition) is 2. The van der Waals surface area contributed by atoms with Gasteiger partial charge in [-0.3, -0.25) is 9.69 Å². The quantitative estimate of drug-likeness (QED) is 0.423. The maximum absolute atomic E-state index is 13.8. The summed E-state index contributed by atoms with van der Waals surface area (Å²) in [4.78, 5) is 15.6. The Hall–Kier alpha value is -3.85. The smallest absolute Gasteiger partial charge is 0.243 e. The van der Waals surface area contributed by atoms with Gasteiger partial charge in [-0.15, -0.1) is 0 Å². The first-order valence-corrected chi connectivity index (χ1v) is 10.4. The Morgan fingerprint density at radius 3 is 2.10 bits per heavy atom. The van der Waals surface area contributed by atoms with Crippen LogP contribution in [0.5, 0.6) is 5.75 Å². The van der Waals surface area contributed by atoms with Crippen molar-refractivity contribution in [2.45, 2.75) is 19.8 Å². The Morgan fingerprint density at radius 2 is 1.39 bits per heavy atom. The van der Waals surface area contributed by atoms with Gasteiger partial charge >= 0.3 is 0 Å². The minimum Gasteiger partial charge on any atom is -0.507 e. The molecular formula is C28H23NO2. The van der Waals surface area contributed by atoms with Gasteiger partial charge in [0.05, 0.1) is 11.6 Å². The molecule has 1 atom stereocenters. The molecule has 1 aliphatic heterocycles. The molecule has 4 aromatic carbocycles. The molecule has 0 spiro atoms. The van der Waals surface area contributed by atoms with Gasteiger partial charge in [-0.1, -0.05) is 72.8 Å². The summed E-state index contributed by atoms with van der Waals surface area (Å²) in [6, 6.07) is 29.6. The number of amides is 1. The van der Waals surface area contributed by atoms with Crippen LogP contribution in [0.25, 0.3) is 11.1 Å². The number of fused-ring (bicyclic) bond motifs is 1. The van der Waals surface area contributed by atoms with E-state index in [0.717, 1.165) is 44.8 Å². The Kier molecular flexibility index (Phi) is 4.59. The summed E-state index contributed by atoms with van der Waals surface area (Å²) in [5, 5.41) is 10.9. The highest BCUT2D eigenvalue weighted by Gasteiger charge is 2.40. The van der Waals surface area contributed by atoms with E-state index in [1.165, 1.54) is 0 Å². The zero-order valence-electron chi connectivity index (χ0n) is 17.5. The number of carbonyl (C=O) groups is 1. The molecule has 0 saturated carbocycles. The van der Waals surface area contributed by atoms with E-state index in [2.05, 4.69) is 0 Å². The summed E-state index contributed by atoms with van der Waals surface area (Å²) in [5.74, 6) is -0.121. The second-order valence-electron chi connectivity index (χ2n) is 8.00. The number of anilines is 2. The Morgan fingerprint density at radius 1 is 0.774 bits per heavy atom. The normalized spacial score (nSPS) is 15.2. The maximum Gasteiger partial charge on any atom is 0.243 e. The van der Waals surface area contributed by atoms with E-state index in [-0.39, 0.29) is 11.7 Å². The molecule has 152 valence electrons. The minimum atomic E-state index is -0.418. The molecule has 5 rings (SSSR count). The van der Waals surface area contributed by atoms with Gasteiger partial charge in [0.2, 0.25) is 5.91 Å². The van der Waals surface area contributed by atoms with Gasteiger partial charge in [-0.05, 0) is 59.9 Å². The predicted octanol–water partition coefficient (Wildman–Crippen LogP) is 6.49. The molecule has 4 aromatic rings. The monoisotopic (exact) mass is 405 g/mol. The van der Waals surface area contributed by atoms with Crippen LogP contribution >= 0.6 is 0 Å². The van der Waals surface area contributed by atoms with E-state index in [1.807, 2.05) is 110 Å². The first kappa shape index (κ1) is 19.1. The van der Waals surface area contributed by atoms with Crippen molar-refractivity contribution in [3.05, 3.63) is 113 Å². The van der Waals surface area contributed by atoms with Gasteiger partial charge in [0.1, 0.15) is 5.75 Å². The lowest BCUT2D eigenvalue weighted by atomic mass is 9.84. The number of aromatic hydroxyl groups is 1. The minimum absolute atomic E-state index is 0.0274. The molecule has 1 N–H and O–H groups in total. The molecule has 0 aliphatic carbocycles. The zero-order chi connectivity index (χ0) is 21.5.